The fourth-order valence-corrected chi connectivity index (χ4v) is 6.35. The summed E-state index contributed by atoms with van der Waals surface area (Å²) in [5, 5.41) is 8.79. The Morgan fingerprint density at radius 3 is 2.43 bits per heavy atom. The summed E-state index contributed by atoms with van der Waals surface area (Å²) in [4.78, 5) is 15.9. The lowest BCUT2D eigenvalue weighted by atomic mass is 9.84. The van der Waals surface area contributed by atoms with Gasteiger partial charge in [0.15, 0.2) is 5.69 Å². The number of halogens is 2. The molecule has 7 rings (SSSR count). The first kappa shape index (κ1) is 24.4. The van der Waals surface area contributed by atoms with Crippen LogP contribution in [0.25, 0.3) is 16.9 Å². The maximum Gasteiger partial charge on any atom is 0.272 e. The highest BCUT2D eigenvalue weighted by atomic mass is 35.5. The summed E-state index contributed by atoms with van der Waals surface area (Å²) < 4.78 is 1.93. The minimum Gasteiger partial charge on any atom is -0.349 e. The molecule has 3 heterocycles. The number of hydrogen-bond acceptors (Lipinski definition) is 3. The summed E-state index contributed by atoms with van der Waals surface area (Å²) in [6, 6.07) is 16.1. The van der Waals surface area contributed by atoms with Crippen LogP contribution in [0.2, 0.25) is 5.02 Å². The van der Waals surface area contributed by atoms with E-state index in [9.17, 15) is 4.79 Å². The number of carbonyl (C=O) groups excluding carboxylic acids is 1. The molecule has 1 aromatic heterocycles. The van der Waals surface area contributed by atoms with Crippen LogP contribution < -0.4 is 5.32 Å². The van der Waals surface area contributed by atoms with E-state index in [1.165, 1.54) is 44.3 Å². The Morgan fingerprint density at radius 1 is 1.00 bits per heavy atom. The molecule has 0 radical (unpaired) electrons. The van der Waals surface area contributed by atoms with Crippen LogP contribution in [0.1, 0.15) is 47.3 Å². The van der Waals surface area contributed by atoms with Crippen molar-refractivity contribution in [3.63, 3.8) is 0 Å². The summed E-state index contributed by atoms with van der Waals surface area (Å²) in [5.74, 6) is 1.62. The summed E-state index contributed by atoms with van der Waals surface area (Å²) in [6.07, 6.45) is 7.16. The van der Waals surface area contributed by atoms with E-state index in [1.54, 1.807) is 0 Å². The predicted molar refractivity (Wildman–Crippen MR) is 143 cm³/mol. The van der Waals surface area contributed by atoms with Crippen LogP contribution >= 0.6 is 24.0 Å². The second-order valence-corrected chi connectivity index (χ2v) is 10.6. The summed E-state index contributed by atoms with van der Waals surface area (Å²) >= 11 is 6.28. The number of fused-ring (bicyclic) bond motifs is 7. The third-order valence-electron chi connectivity index (χ3n) is 7.88. The second-order valence-electron chi connectivity index (χ2n) is 10.1. The van der Waals surface area contributed by atoms with Gasteiger partial charge in [0.1, 0.15) is 0 Å². The highest BCUT2D eigenvalue weighted by Gasteiger charge is 2.31. The van der Waals surface area contributed by atoms with Gasteiger partial charge >= 0.3 is 0 Å². The van der Waals surface area contributed by atoms with Gasteiger partial charge in [-0.3, -0.25) is 4.79 Å². The molecule has 3 aromatic rings. The number of rotatable bonds is 5. The Labute approximate surface area is 218 Å². The molecule has 2 bridgehead atoms. The van der Waals surface area contributed by atoms with E-state index in [4.69, 9.17) is 16.7 Å². The van der Waals surface area contributed by atoms with Crippen molar-refractivity contribution in [1.82, 2.24) is 20.0 Å². The average molecular weight is 511 g/mol. The molecule has 3 fully saturated rings. The largest absolute Gasteiger partial charge is 0.349 e. The molecule has 1 amide bonds. The smallest absolute Gasteiger partial charge is 0.272 e. The van der Waals surface area contributed by atoms with E-state index < -0.39 is 0 Å². The first-order chi connectivity index (χ1) is 16.7. The zero-order valence-electron chi connectivity index (χ0n) is 19.9. The van der Waals surface area contributed by atoms with Crippen molar-refractivity contribution in [2.75, 3.05) is 26.2 Å². The number of aryl methyl sites for hydroxylation is 1. The van der Waals surface area contributed by atoms with E-state index in [0.717, 1.165) is 58.8 Å². The van der Waals surface area contributed by atoms with Gasteiger partial charge in [0.25, 0.3) is 5.91 Å². The van der Waals surface area contributed by atoms with Gasteiger partial charge < -0.3 is 10.2 Å². The molecule has 4 aliphatic rings. The summed E-state index contributed by atoms with van der Waals surface area (Å²) in [5.41, 5.74) is 5.87. The quantitative estimate of drug-likeness (QED) is 0.488. The van der Waals surface area contributed by atoms with Gasteiger partial charge in [-0.25, -0.2) is 4.68 Å². The Kier molecular flexibility index (Phi) is 7.19. The molecule has 0 atom stereocenters. The van der Waals surface area contributed by atoms with Gasteiger partial charge in [-0.2, -0.15) is 5.10 Å². The average Bonchev–Trinajstić information content (AvgIpc) is 3.00. The lowest BCUT2D eigenvalue weighted by Gasteiger charge is -2.22. The summed E-state index contributed by atoms with van der Waals surface area (Å²) in [6.45, 7) is 3.95. The zero-order valence-corrected chi connectivity index (χ0v) is 21.5. The number of benzene rings is 2. The molecular formula is C28H32Cl2N4O. The Morgan fingerprint density at radius 2 is 1.71 bits per heavy atom. The van der Waals surface area contributed by atoms with Crippen LogP contribution in [0.3, 0.4) is 0 Å². The molecular weight excluding hydrogens is 479 g/mol. The van der Waals surface area contributed by atoms with Crippen molar-refractivity contribution < 1.29 is 4.79 Å². The Balaban J connectivity index is 0.00000253. The molecule has 1 saturated carbocycles. The molecule has 7 heteroatoms. The van der Waals surface area contributed by atoms with Crippen molar-refractivity contribution in [3.05, 3.63) is 70.4 Å². The molecule has 184 valence electrons. The minimum absolute atomic E-state index is 0. The third kappa shape index (κ3) is 4.87. The normalized spacial score (nSPS) is 20.9. The van der Waals surface area contributed by atoms with Crippen LogP contribution in [-0.2, 0) is 12.8 Å². The first-order valence-electron chi connectivity index (χ1n) is 12.6. The van der Waals surface area contributed by atoms with Gasteiger partial charge in [-0.15, -0.1) is 12.4 Å². The first-order valence-corrected chi connectivity index (χ1v) is 13.0. The van der Waals surface area contributed by atoms with E-state index in [1.807, 2.05) is 47.1 Å². The number of hydrogen-bond donors (Lipinski definition) is 1. The molecule has 1 N–H and O–H groups in total. The standard InChI is InChI=1S/C28H31ClN4O.ClH/c29-22-11-13-24-21(16-22)10-12-25-26(31-33(27(24)25)23-4-2-1-3-5-23)28(34)30-14-15-32-17-19-6-7-20(18-32)9-8-19;/h1-5,11,13,16,19-20H,6-10,12,14-15,17-18H2,(H,30,34);1H. The number of nitrogens with one attached hydrogen (secondary N) is 1. The van der Waals surface area contributed by atoms with Gasteiger partial charge in [-0.1, -0.05) is 35.9 Å². The number of para-hydroxylation sites is 1. The van der Waals surface area contributed by atoms with Crippen molar-refractivity contribution in [3.8, 4) is 16.9 Å². The number of carbonyl (C=O) groups is 1. The molecule has 0 unspecified atom stereocenters. The van der Waals surface area contributed by atoms with Crippen molar-refractivity contribution in [1.29, 1.82) is 0 Å². The Hall–Kier alpha value is -2.34. The van der Waals surface area contributed by atoms with Gasteiger partial charge in [-0.05, 0) is 80.2 Å². The maximum absolute atomic E-state index is 13.4. The molecule has 2 saturated heterocycles. The fourth-order valence-electron chi connectivity index (χ4n) is 6.16. The van der Waals surface area contributed by atoms with Crippen LogP contribution in [0.4, 0.5) is 0 Å². The SMILES string of the molecule is Cl.O=C(NCCN1CC2CCC(CC2)C1)c1nn(-c2ccccc2)c2c1CCc1cc(Cl)ccc1-2. The maximum atomic E-state index is 13.4. The van der Waals surface area contributed by atoms with Crippen molar-refractivity contribution >= 4 is 29.9 Å². The predicted octanol–water partition coefficient (Wildman–Crippen LogP) is 5.56. The van der Waals surface area contributed by atoms with Gasteiger partial charge in [0, 0.05) is 42.3 Å². The van der Waals surface area contributed by atoms with Crippen LogP contribution in [0, 0.1) is 11.8 Å². The molecule has 2 aliphatic heterocycles. The van der Waals surface area contributed by atoms with E-state index in [-0.39, 0.29) is 18.3 Å². The molecule has 0 spiro atoms. The molecule has 35 heavy (non-hydrogen) atoms. The number of amides is 1. The topological polar surface area (TPSA) is 50.2 Å². The van der Waals surface area contributed by atoms with Crippen molar-refractivity contribution in [2.24, 2.45) is 11.8 Å². The van der Waals surface area contributed by atoms with Crippen LogP contribution in [0.5, 0.6) is 0 Å². The number of aromatic nitrogens is 2. The van der Waals surface area contributed by atoms with Gasteiger partial charge in [0.2, 0.25) is 0 Å². The lowest BCUT2D eigenvalue weighted by molar-refractivity contribution is 0.0941. The molecule has 2 aromatic carbocycles. The monoisotopic (exact) mass is 510 g/mol. The second kappa shape index (κ2) is 10.3. The summed E-state index contributed by atoms with van der Waals surface area (Å²) in [7, 11) is 0. The lowest BCUT2D eigenvalue weighted by Crippen LogP contribution is -2.37. The highest BCUT2D eigenvalue weighted by molar-refractivity contribution is 6.30. The minimum atomic E-state index is -0.0684. The van der Waals surface area contributed by atoms with Gasteiger partial charge in [0.05, 0.1) is 11.4 Å². The zero-order chi connectivity index (χ0) is 23.1. The van der Waals surface area contributed by atoms with Crippen molar-refractivity contribution in [2.45, 2.75) is 38.5 Å². The molecule has 2 aliphatic carbocycles. The van der Waals surface area contributed by atoms with Crippen LogP contribution in [0.15, 0.2) is 48.5 Å². The van der Waals surface area contributed by atoms with Crippen LogP contribution in [-0.4, -0.2) is 46.8 Å². The molecule has 5 nitrogen and oxygen atoms in total. The van der Waals surface area contributed by atoms with E-state index in [0.29, 0.717) is 12.2 Å². The third-order valence-corrected chi connectivity index (χ3v) is 8.11. The number of nitrogens with zero attached hydrogens (tertiary/aromatic N) is 3. The van der Waals surface area contributed by atoms with E-state index in [2.05, 4.69) is 16.3 Å². The highest BCUT2D eigenvalue weighted by Crippen LogP contribution is 2.38. The fraction of sp³-hybridized carbons (Fsp3) is 0.429. The Bertz CT molecular complexity index is 1190. The van der Waals surface area contributed by atoms with E-state index >= 15 is 0 Å².